The molecule has 0 aromatic carbocycles. The fraction of sp³-hybridized carbons (Fsp3) is 0.286. The number of aromatic amines is 1. The third kappa shape index (κ3) is 3.65. The smallest absolute Gasteiger partial charge is 0.374 e. The number of aromatic nitrogens is 2. The molecule has 24 heavy (non-hydrogen) atoms. The SMILES string of the molecule is CCCn1c(N)c(C(=O)COC(=O)c2ccc(Br)o2)c(=O)[nH]c1=O. The lowest BCUT2D eigenvalue weighted by Gasteiger charge is -2.11. The highest BCUT2D eigenvalue weighted by atomic mass is 79.9. The van der Waals surface area contributed by atoms with Crippen molar-refractivity contribution in [2.45, 2.75) is 19.9 Å². The zero-order valence-electron chi connectivity index (χ0n) is 12.6. The highest BCUT2D eigenvalue weighted by Crippen LogP contribution is 2.15. The van der Waals surface area contributed by atoms with Crippen LogP contribution in [0.3, 0.4) is 0 Å². The third-order valence-electron chi connectivity index (χ3n) is 3.07. The van der Waals surface area contributed by atoms with E-state index in [0.717, 1.165) is 4.57 Å². The van der Waals surface area contributed by atoms with E-state index in [9.17, 15) is 19.2 Å². The van der Waals surface area contributed by atoms with Crippen molar-refractivity contribution >= 4 is 33.5 Å². The number of ketones is 1. The van der Waals surface area contributed by atoms with E-state index in [-0.39, 0.29) is 18.1 Å². The summed E-state index contributed by atoms with van der Waals surface area (Å²) in [6.45, 7) is 1.33. The van der Waals surface area contributed by atoms with Crippen LogP contribution in [0.4, 0.5) is 5.82 Å². The van der Waals surface area contributed by atoms with Crippen LogP contribution in [0.15, 0.2) is 30.8 Å². The van der Waals surface area contributed by atoms with E-state index in [0.29, 0.717) is 11.1 Å². The lowest BCUT2D eigenvalue weighted by Crippen LogP contribution is -2.37. The molecule has 0 bridgehead atoms. The normalized spacial score (nSPS) is 10.6. The molecule has 0 amide bonds. The highest BCUT2D eigenvalue weighted by molar-refractivity contribution is 9.10. The summed E-state index contributed by atoms with van der Waals surface area (Å²) in [5, 5.41) is 0. The van der Waals surface area contributed by atoms with E-state index in [2.05, 4.69) is 15.9 Å². The van der Waals surface area contributed by atoms with Gasteiger partial charge in [-0.3, -0.25) is 19.1 Å². The Morgan fingerprint density at radius 3 is 2.67 bits per heavy atom. The molecule has 0 spiro atoms. The lowest BCUT2D eigenvalue weighted by molar-refractivity contribution is 0.0442. The molecule has 0 fully saturated rings. The summed E-state index contributed by atoms with van der Waals surface area (Å²) in [4.78, 5) is 49.4. The molecule has 0 aliphatic rings. The average molecular weight is 400 g/mol. The summed E-state index contributed by atoms with van der Waals surface area (Å²) in [5.74, 6) is -2.05. The third-order valence-corrected chi connectivity index (χ3v) is 3.50. The van der Waals surface area contributed by atoms with Crippen LogP contribution >= 0.6 is 15.9 Å². The van der Waals surface area contributed by atoms with Gasteiger partial charge in [0, 0.05) is 6.54 Å². The van der Waals surface area contributed by atoms with Crippen LogP contribution < -0.4 is 17.0 Å². The zero-order chi connectivity index (χ0) is 17.9. The van der Waals surface area contributed by atoms with Crippen molar-refractivity contribution < 1.29 is 18.7 Å². The van der Waals surface area contributed by atoms with Gasteiger partial charge in [-0.15, -0.1) is 0 Å². The standard InChI is InChI=1S/C14H14BrN3O6/c1-2-5-18-11(16)10(12(20)17-14(18)22)7(19)6-23-13(21)8-3-4-9(15)24-8/h3-4H,2,5-6,16H2,1H3,(H,17,20,22). The fourth-order valence-corrected chi connectivity index (χ4v) is 2.31. The van der Waals surface area contributed by atoms with Crippen molar-refractivity contribution in [2.24, 2.45) is 0 Å². The van der Waals surface area contributed by atoms with Gasteiger partial charge in [0.05, 0.1) is 0 Å². The number of nitrogens with zero attached hydrogens (tertiary/aromatic N) is 1. The molecule has 2 heterocycles. The van der Waals surface area contributed by atoms with E-state index < -0.39 is 35.2 Å². The van der Waals surface area contributed by atoms with Crippen LogP contribution in [0.1, 0.15) is 34.3 Å². The number of H-pyrrole nitrogens is 1. The molecule has 0 saturated carbocycles. The second kappa shape index (κ2) is 7.30. The Kier molecular flexibility index (Phi) is 5.39. The van der Waals surface area contributed by atoms with Crippen molar-refractivity contribution in [1.29, 1.82) is 0 Å². The summed E-state index contributed by atoms with van der Waals surface area (Å²) in [7, 11) is 0. The van der Waals surface area contributed by atoms with Gasteiger partial charge >= 0.3 is 11.7 Å². The summed E-state index contributed by atoms with van der Waals surface area (Å²) in [6.07, 6.45) is 0.576. The molecule has 10 heteroatoms. The molecular weight excluding hydrogens is 386 g/mol. The maximum atomic E-state index is 12.2. The van der Waals surface area contributed by atoms with Crippen molar-refractivity contribution in [3.8, 4) is 0 Å². The minimum atomic E-state index is -0.924. The molecule has 2 rings (SSSR count). The maximum absolute atomic E-state index is 12.2. The number of carbonyl (C=O) groups excluding carboxylic acids is 2. The number of esters is 1. The van der Waals surface area contributed by atoms with Crippen LogP contribution in [-0.4, -0.2) is 27.9 Å². The van der Waals surface area contributed by atoms with Crippen molar-refractivity contribution in [1.82, 2.24) is 9.55 Å². The second-order valence-electron chi connectivity index (χ2n) is 4.77. The first-order valence-electron chi connectivity index (χ1n) is 6.93. The second-order valence-corrected chi connectivity index (χ2v) is 5.56. The summed E-state index contributed by atoms with van der Waals surface area (Å²) in [6, 6.07) is 2.85. The molecular formula is C14H14BrN3O6. The summed E-state index contributed by atoms with van der Waals surface area (Å²) in [5.41, 5.74) is 3.70. The van der Waals surface area contributed by atoms with Gasteiger partial charge in [-0.2, -0.15) is 0 Å². The van der Waals surface area contributed by atoms with Crippen molar-refractivity contribution in [2.75, 3.05) is 12.3 Å². The van der Waals surface area contributed by atoms with E-state index >= 15 is 0 Å². The van der Waals surface area contributed by atoms with Gasteiger partial charge in [0.2, 0.25) is 11.5 Å². The summed E-state index contributed by atoms with van der Waals surface area (Å²) < 4.78 is 11.2. The van der Waals surface area contributed by atoms with Gasteiger partial charge in [0.1, 0.15) is 11.4 Å². The number of nitrogens with one attached hydrogen (secondary N) is 1. The molecule has 0 aliphatic carbocycles. The first kappa shape index (κ1) is 17.7. The number of ether oxygens (including phenoxy) is 1. The predicted octanol–water partition coefficient (Wildman–Crippen LogP) is 0.924. The molecule has 0 unspecified atom stereocenters. The Morgan fingerprint density at radius 1 is 1.38 bits per heavy atom. The molecule has 0 aliphatic heterocycles. The van der Waals surface area contributed by atoms with E-state index in [4.69, 9.17) is 14.9 Å². The molecule has 0 radical (unpaired) electrons. The number of anilines is 1. The van der Waals surface area contributed by atoms with Gasteiger partial charge in [-0.1, -0.05) is 6.92 Å². The largest absolute Gasteiger partial charge is 0.451 e. The lowest BCUT2D eigenvalue weighted by atomic mass is 10.2. The molecule has 3 N–H and O–H groups in total. The van der Waals surface area contributed by atoms with Crippen molar-refractivity contribution in [3.05, 3.63) is 49.0 Å². The van der Waals surface area contributed by atoms with Crippen LogP contribution in [0.25, 0.3) is 0 Å². The predicted molar refractivity (Wildman–Crippen MR) is 87.0 cm³/mol. The Bertz CT molecular complexity index is 895. The average Bonchev–Trinajstić information content (AvgIpc) is 2.95. The molecule has 2 aromatic heterocycles. The highest BCUT2D eigenvalue weighted by Gasteiger charge is 2.21. The van der Waals surface area contributed by atoms with Gasteiger partial charge < -0.3 is 14.9 Å². The number of carbonyl (C=O) groups is 2. The van der Waals surface area contributed by atoms with Crippen LogP contribution in [-0.2, 0) is 11.3 Å². The van der Waals surface area contributed by atoms with Crippen LogP contribution in [0, 0.1) is 0 Å². The van der Waals surface area contributed by atoms with Crippen molar-refractivity contribution in [3.63, 3.8) is 0 Å². The molecule has 0 saturated heterocycles. The number of Topliss-reactive ketones (excluding diaryl/α,β-unsaturated/α-hetero) is 1. The minimum Gasteiger partial charge on any atom is -0.451 e. The van der Waals surface area contributed by atoms with Crippen LogP contribution in [0.5, 0.6) is 0 Å². The first-order valence-corrected chi connectivity index (χ1v) is 7.72. The monoisotopic (exact) mass is 399 g/mol. The topological polar surface area (TPSA) is 137 Å². The summed E-state index contributed by atoms with van der Waals surface area (Å²) >= 11 is 3.03. The number of hydrogen-bond donors (Lipinski definition) is 2. The van der Waals surface area contributed by atoms with E-state index in [1.807, 2.05) is 11.9 Å². The number of nitrogen functional groups attached to an aromatic ring is 1. The number of rotatable bonds is 6. The van der Waals surface area contributed by atoms with Gasteiger partial charge in [-0.25, -0.2) is 9.59 Å². The quantitative estimate of drug-likeness (QED) is 0.543. The Labute approximate surface area is 143 Å². The van der Waals surface area contributed by atoms with Gasteiger partial charge in [0.15, 0.2) is 11.3 Å². The Hall–Kier alpha value is -2.62. The number of hydrogen-bond acceptors (Lipinski definition) is 7. The van der Waals surface area contributed by atoms with Crippen LogP contribution in [0.2, 0.25) is 0 Å². The minimum absolute atomic E-state index is 0.104. The maximum Gasteiger partial charge on any atom is 0.374 e. The first-order chi connectivity index (χ1) is 11.3. The Morgan fingerprint density at radius 2 is 2.08 bits per heavy atom. The van der Waals surface area contributed by atoms with Gasteiger partial charge in [0.25, 0.3) is 5.56 Å². The number of furan rings is 1. The zero-order valence-corrected chi connectivity index (χ0v) is 14.2. The molecule has 128 valence electrons. The number of halogens is 1. The molecule has 9 nitrogen and oxygen atoms in total. The van der Waals surface area contributed by atoms with Gasteiger partial charge in [-0.05, 0) is 34.5 Å². The molecule has 0 atom stereocenters. The molecule has 2 aromatic rings. The Balaban J connectivity index is 2.21. The fourth-order valence-electron chi connectivity index (χ4n) is 2.00. The number of nitrogens with two attached hydrogens (primary N) is 1. The van der Waals surface area contributed by atoms with E-state index in [1.165, 1.54) is 12.1 Å². The van der Waals surface area contributed by atoms with E-state index in [1.54, 1.807) is 0 Å².